The van der Waals surface area contributed by atoms with Crippen molar-refractivity contribution in [1.29, 1.82) is 0 Å². The van der Waals surface area contributed by atoms with E-state index >= 15 is 0 Å². The van der Waals surface area contributed by atoms with Gasteiger partial charge in [-0.15, -0.1) is 11.3 Å². The maximum absolute atomic E-state index is 12.6. The molecule has 31 heavy (non-hydrogen) atoms. The first-order chi connectivity index (χ1) is 14.8. The number of hydrogen-bond donors (Lipinski definition) is 1. The molecule has 3 aromatic rings. The summed E-state index contributed by atoms with van der Waals surface area (Å²) >= 11 is 1.52. The van der Waals surface area contributed by atoms with E-state index < -0.39 is 10.0 Å². The minimum absolute atomic E-state index is 0.150. The van der Waals surface area contributed by atoms with Crippen molar-refractivity contribution < 1.29 is 17.7 Å². The van der Waals surface area contributed by atoms with E-state index in [1.54, 1.807) is 24.3 Å². The van der Waals surface area contributed by atoms with Gasteiger partial charge in [0.1, 0.15) is 0 Å². The number of hydrogen-bond acceptors (Lipinski definition) is 7. The van der Waals surface area contributed by atoms with Gasteiger partial charge in [0.15, 0.2) is 0 Å². The van der Waals surface area contributed by atoms with Crippen LogP contribution in [0.4, 0.5) is 0 Å². The van der Waals surface area contributed by atoms with Gasteiger partial charge in [0.05, 0.1) is 15.8 Å². The Kier molecular flexibility index (Phi) is 7.58. The molecule has 1 amide bonds. The van der Waals surface area contributed by atoms with Gasteiger partial charge in [-0.05, 0) is 36.1 Å². The molecule has 0 fully saturated rings. The zero-order valence-electron chi connectivity index (χ0n) is 17.7. The van der Waals surface area contributed by atoms with Crippen LogP contribution in [0.3, 0.4) is 0 Å². The minimum Gasteiger partial charge on any atom is -0.350 e. The smallest absolute Gasteiger partial charge is 0.243 e. The summed E-state index contributed by atoms with van der Waals surface area (Å²) in [7, 11) is -3.50. The topological polar surface area (TPSA) is 105 Å². The molecule has 1 aromatic carbocycles. The van der Waals surface area contributed by atoms with Crippen molar-refractivity contribution in [3.8, 4) is 10.7 Å². The van der Waals surface area contributed by atoms with Gasteiger partial charge in [0.2, 0.25) is 27.6 Å². The molecule has 0 aliphatic heterocycles. The average molecular weight is 463 g/mol. The third kappa shape index (κ3) is 5.57. The van der Waals surface area contributed by atoms with E-state index in [0.29, 0.717) is 31.2 Å². The second-order valence-electron chi connectivity index (χ2n) is 6.94. The number of rotatable bonds is 10. The number of amides is 1. The third-order valence-electron chi connectivity index (χ3n) is 4.88. The highest BCUT2D eigenvalue weighted by Gasteiger charge is 2.21. The van der Waals surface area contributed by atoms with Gasteiger partial charge in [-0.1, -0.05) is 37.2 Å². The number of carbonyl (C=O) groups excluding carboxylic acids is 1. The van der Waals surface area contributed by atoms with Gasteiger partial charge < -0.3 is 9.84 Å². The van der Waals surface area contributed by atoms with Crippen LogP contribution in [0, 0.1) is 0 Å². The van der Waals surface area contributed by atoms with Crippen LogP contribution in [0.1, 0.15) is 44.7 Å². The Morgan fingerprint density at radius 3 is 2.52 bits per heavy atom. The molecule has 1 N–H and O–H groups in total. The number of aryl methyl sites for hydroxylation is 1. The lowest BCUT2D eigenvalue weighted by atomic mass is 10.1. The summed E-state index contributed by atoms with van der Waals surface area (Å²) in [5.41, 5.74) is 0.824. The molecular formula is C21H26N4O4S2. The van der Waals surface area contributed by atoms with Crippen LogP contribution in [0.2, 0.25) is 0 Å². The molecule has 0 aliphatic rings. The molecule has 3 rings (SSSR count). The largest absolute Gasteiger partial charge is 0.350 e. The van der Waals surface area contributed by atoms with Crippen LogP contribution in [-0.4, -0.2) is 41.9 Å². The van der Waals surface area contributed by atoms with E-state index in [2.05, 4.69) is 15.5 Å². The van der Waals surface area contributed by atoms with Gasteiger partial charge in [-0.3, -0.25) is 4.79 Å². The number of nitrogens with zero attached hydrogens (tertiary/aromatic N) is 3. The first kappa shape index (κ1) is 23.1. The van der Waals surface area contributed by atoms with Crippen molar-refractivity contribution in [2.24, 2.45) is 0 Å². The van der Waals surface area contributed by atoms with E-state index in [-0.39, 0.29) is 23.3 Å². The summed E-state index contributed by atoms with van der Waals surface area (Å²) in [5, 5.41) is 8.79. The molecule has 0 aliphatic carbocycles. The monoisotopic (exact) mass is 462 g/mol. The molecule has 2 aromatic heterocycles. The van der Waals surface area contributed by atoms with E-state index in [0.717, 1.165) is 10.4 Å². The fraction of sp³-hybridized carbons (Fsp3) is 0.381. The van der Waals surface area contributed by atoms with Crippen LogP contribution >= 0.6 is 11.3 Å². The molecular weight excluding hydrogens is 436 g/mol. The van der Waals surface area contributed by atoms with Crippen LogP contribution in [0.15, 0.2) is 51.2 Å². The lowest BCUT2D eigenvalue weighted by Gasteiger charge is -2.19. The van der Waals surface area contributed by atoms with E-state index in [4.69, 9.17) is 4.52 Å². The zero-order valence-corrected chi connectivity index (χ0v) is 19.4. The van der Waals surface area contributed by atoms with E-state index in [1.807, 2.05) is 38.3 Å². The summed E-state index contributed by atoms with van der Waals surface area (Å²) in [6.45, 7) is 6.31. The highest BCUT2D eigenvalue weighted by Crippen LogP contribution is 2.22. The second kappa shape index (κ2) is 10.2. The molecule has 2 heterocycles. The standard InChI is InChI=1S/C21H26N4O4S2/c1-4-25(5-2)31(27,28)17-10-8-16(9-11-17)15(3)22-19(26)12-13-20-23-21(24-29-20)18-7-6-14-30-18/h6-11,14-15H,4-5,12-13H2,1-3H3,(H,22,26). The Balaban J connectivity index is 1.55. The molecule has 10 heteroatoms. The van der Waals surface area contributed by atoms with Crippen molar-refractivity contribution >= 4 is 27.3 Å². The zero-order chi connectivity index (χ0) is 22.4. The lowest BCUT2D eigenvalue weighted by Crippen LogP contribution is -2.30. The Bertz CT molecular complexity index is 1090. The fourth-order valence-electron chi connectivity index (χ4n) is 3.12. The predicted octanol–water partition coefficient (Wildman–Crippen LogP) is 3.64. The second-order valence-corrected chi connectivity index (χ2v) is 9.82. The number of sulfonamides is 1. The predicted molar refractivity (Wildman–Crippen MR) is 119 cm³/mol. The number of aromatic nitrogens is 2. The minimum atomic E-state index is -3.50. The van der Waals surface area contributed by atoms with Gasteiger partial charge in [-0.2, -0.15) is 9.29 Å². The Morgan fingerprint density at radius 1 is 1.19 bits per heavy atom. The normalized spacial score (nSPS) is 12.8. The highest BCUT2D eigenvalue weighted by atomic mass is 32.2. The SMILES string of the molecule is CCN(CC)S(=O)(=O)c1ccc(C(C)NC(=O)CCc2nc(-c3cccs3)no2)cc1. The first-order valence-corrected chi connectivity index (χ1v) is 12.4. The molecule has 0 saturated carbocycles. The van der Waals surface area contributed by atoms with Crippen LogP contribution < -0.4 is 5.32 Å². The summed E-state index contributed by atoms with van der Waals surface area (Å²) in [6.07, 6.45) is 0.558. The average Bonchev–Trinajstić information content (AvgIpc) is 3.45. The van der Waals surface area contributed by atoms with Gasteiger partial charge in [0.25, 0.3) is 0 Å². The maximum Gasteiger partial charge on any atom is 0.243 e. The van der Waals surface area contributed by atoms with Crippen LogP contribution in [0.25, 0.3) is 10.7 Å². The fourth-order valence-corrected chi connectivity index (χ4v) is 5.23. The number of nitrogens with one attached hydrogen (secondary N) is 1. The van der Waals surface area contributed by atoms with E-state index in [9.17, 15) is 13.2 Å². The van der Waals surface area contributed by atoms with Gasteiger partial charge >= 0.3 is 0 Å². The summed E-state index contributed by atoms with van der Waals surface area (Å²) in [4.78, 5) is 17.8. The Labute approximate surface area is 186 Å². The summed E-state index contributed by atoms with van der Waals surface area (Å²) < 4.78 is 31.8. The maximum atomic E-state index is 12.6. The molecule has 0 radical (unpaired) electrons. The molecule has 8 nitrogen and oxygen atoms in total. The number of benzene rings is 1. The van der Waals surface area contributed by atoms with Crippen molar-refractivity contribution in [2.45, 2.75) is 44.6 Å². The molecule has 1 unspecified atom stereocenters. The Morgan fingerprint density at radius 2 is 1.90 bits per heavy atom. The molecule has 0 spiro atoms. The number of thiophene rings is 1. The third-order valence-corrected chi connectivity index (χ3v) is 7.81. The van der Waals surface area contributed by atoms with Gasteiger partial charge in [-0.25, -0.2) is 8.42 Å². The lowest BCUT2D eigenvalue weighted by molar-refractivity contribution is -0.121. The van der Waals surface area contributed by atoms with Crippen LogP contribution in [0.5, 0.6) is 0 Å². The van der Waals surface area contributed by atoms with Crippen molar-refractivity contribution in [1.82, 2.24) is 19.8 Å². The van der Waals surface area contributed by atoms with Crippen molar-refractivity contribution in [3.05, 3.63) is 53.2 Å². The van der Waals surface area contributed by atoms with E-state index in [1.165, 1.54) is 15.6 Å². The van der Waals surface area contributed by atoms with Crippen molar-refractivity contribution in [3.63, 3.8) is 0 Å². The number of carbonyl (C=O) groups is 1. The summed E-state index contributed by atoms with van der Waals surface area (Å²) in [5.74, 6) is 0.791. The molecule has 0 saturated heterocycles. The van der Waals surface area contributed by atoms with Crippen LogP contribution in [-0.2, 0) is 21.2 Å². The molecule has 166 valence electrons. The quantitative estimate of drug-likeness (QED) is 0.493. The first-order valence-electron chi connectivity index (χ1n) is 10.1. The van der Waals surface area contributed by atoms with Crippen molar-refractivity contribution in [2.75, 3.05) is 13.1 Å². The molecule has 1 atom stereocenters. The van der Waals surface area contributed by atoms with Gasteiger partial charge in [0, 0.05) is 25.9 Å². The molecule has 0 bridgehead atoms. The Hall–Kier alpha value is -2.56. The highest BCUT2D eigenvalue weighted by molar-refractivity contribution is 7.89. The summed E-state index contributed by atoms with van der Waals surface area (Å²) in [6, 6.07) is 10.2.